The van der Waals surface area contributed by atoms with Gasteiger partial charge in [-0.2, -0.15) is 0 Å². The molecule has 0 aliphatic heterocycles. The van der Waals surface area contributed by atoms with Gasteiger partial charge in [-0.3, -0.25) is 0 Å². The Bertz CT molecular complexity index is 4840. The molecule has 0 fully saturated rings. The zero-order valence-corrected chi connectivity index (χ0v) is 25.4. The van der Waals surface area contributed by atoms with Crippen LogP contribution < -0.4 is 0 Å². The van der Waals surface area contributed by atoms with Crippen molar-refractivity contribution in [2.75, 3.05) is 0 Å². The molecule has 1 nitrogen and oxygen atoms in total. The fraction of sp³-hybridized carbons (Fsp3) is 0. The Balaban J connectivity index is 1.45. The van der Waals surface area contributed by atoms with Crippen molar-refractivity contribution in [3.8, 4) is 33.4 Å². The Morgan fingerprint density at radius 2 is 0.725 bits per heavy atom. The normalized spacial score (nSPS) is 20.2. The molecule has 0 saturated carbocycles. The highest BCUT2D eigenvalue weighted by atomic mass is 16.3. The minimum absolute atomic E-state index is 0.413. The lowest BCUT2D eigenvalue weighted by molar-refractivity contribution is 0.670. The molecule has 0 amide bonds. The summed E-state index contributed by atoms with van der Waals surface area (Å²) < 4.78 is 280. The van der Waals surface area contributed by atoms with Gasteiger partial charge in [0.05, 0.1) is 41.1 Å². The first-order chi connectivity index (χ1) is 37.8. The summed E-state index contributed by atoms with van der Waals surface area (Å²) in [4.78, 5) is 0. The van der Waals surface area contributed by atoms with E-state index in [1.807, 2.05) is 0 Å². The molecule has 11 rings (SSSR count). The Labute approximate surface area is 336 Å². The third-order valence-electron chi connectivity index (χ3n) is 8.69. The van der Waals surface area contributed by atoms with Gasteiger partial charge in [0, 0.05) is 16.3 Å². The van der Waals surface area contributed by atoms with Crippen molar-refractivity contribution in [1.82, 2.24) is 0 Å². The second-order valence-corrected chi connectivity index (χ2v) is 11.3. The highest BCUT2D eigenvalue weighted by molar-refractivity contribution is 6.26. The predicted molar refractivity (Wildman–Crippen MR) is 218 cm³/mol. The fourth-order valence-electron chi connectivity index (χ4n) is 6.59. The summed E-state index contributed by atoms with van der Waals surface area (Å²) in [6.45, 7) is 0. The van der Waals surface area contributed by atoms with E-state index in [-0.39, 0.29) is 0 Å². The van der Waals surface area contributed by atoms with Crippen LogP contribution in [0.1, 0.15) is 41.1 Å². The van der Waals surface area contributed by atoms with E-state index in [1.54, 1.807) is 0 Å². The van der Waals surface area contributed by atoms with E-state index in [0.717, 1.165) is 0 Å². The summed E-state index contributed by atoms with van der Waals surface area (Å²) in [6.07, 6.45) is 0. The van der Waals surface area contributed by atoms with E-state index < -0.39 is 290 Å². The Kier molecular flexibility index (Phi) is 2.50. The van der Waals surface area contributed by atoms with Crippen LogP contribution >= 0.6 is 0 Å². The minimum Gasteiger partial charge on any atom is -0.455 e. The molecular formula is C50H30O. The van der Waals surface area contributed by atoms with Crippen molar-refractivity contribution in [2.45, 2.75) is 0 Å². The fourth-order valence-corrected chi connectivity index (χ4v) is 6.59. The van der Waals surface area contributed by atoms with Crippen molar-refractivity contribution in [1.29, 1.82) is 0 Å². The molecule has 0 bridgehead atoms. The van der Waals surface area contributed by atoms with Gasteiger partial charge in [-0.05, 0) is 87.7 Å². The van der Waals surface area contributed by atoms with Crippen molar-refractivity contribution < 1.29 is 45.5 Å². The van der Waals surface area contributed by atoms with Gasteiger partial charge in [-0.15, -0.1) is 0 Å². The van der Waals surface area contributed by atoms with E-state index in [0.29, 0.717) is 0 Å². The number of hydrogen-bond acceptors (Lipinski definition) is 1. The summed E-state index contributed by atoms with van der Waals surface area (Å²) in [7, 11) is 0. The Hall–Kier alpha value is -6.70. The van der Waals surface area contributed by atoms with Crippen molar-refractivity contribution in [3.63, 3.8) is 0 Å². The minimum atomic E-state index is -1.15. The maximum absolute atomic E-state index is 10.0. The molecule has 1 heterocycles. The molecule has 1 aromatic heterocycles. The van der Waals surface area contributed by atoms with Gasteiger partial charge < -0.3 is 4.42 Å². The van der Waals surface area contributed by atoms with Crippen LogP contribution in [0.25, 0.3) is 109 Å². The van der Waals surface area contributed by atoms with Crippen molar-refractivity contribution in [2.24, 2.45) is 0 Å². The highest BCUT2D eigenvalue weighted by Crippen LogP contribution is 2.48. The number of fused-ring (bicyclic) bond motifs is 9. The van der Waals surface area contributed by atoms with Crippen LogP contribution in [0.15, 0.2) is 186 Å². The van der Waals surface area contributed by atoms with E-state index >= 15 is 0 Å². The molecule has 0 spiro atoms. The summed E-state index contributed by atoms with van der Waals surface area (Å²) in [5, 5.41) is -8.02. The summed E-state index contributed by atoms with van der Waals surface area (Å²) in [5.74, 6) is 0. The molecule has 236 valence electrons. The molecule has 0 N–H and O–H groups in total. The van der Waals surface area contributed by atoms with Crippen LogP contribution in [0.3, 0.4) is 0 Å². The Morgan fingerprint density at radius 1 is 0.294 bits per heavy atom. The monoisotopic (exact) mass is 676 g/mol. The van der Waals surface area contributed by atoms with Crippen molar-refractivity contribution >= 4 is 75.8 Å². The van der Waals surface area contributed by atoms with Gasteiger partial charge in [0.2, 0.25) is 0 Å². The molecule has 0 aliphatic rings. The summed E-state index contributed by atoms with van der Waals surface area (Å²) in [6, 6.07) is -28.8. The molecule has 0 unspecified atom stereocenters. The molecule has 10 aromatic carbocycles. The standard InChI is InChI=1S/C50H30O/c1-3-16-33-31(13-1)15-11-24-38(33)47-39-20-7-9-22-41(39)48(42-23-10-8-21-40(42)47)43-29-28-37(35-18-5-6-19-36(35)43)44-25-12-26-45-49-34-17-4-2-14-32(34)27-30-46(49)51-50(44)45/h1-30H/i1D,2D,3D,4D,5D,6D,7D,8D,9D,10D,11D,12D,13D,14D,15D,16D,17D,18D,19D,20D,21D,22D,23D,24D,25D,26D,27D,28D,29D,30D. The van der Waals surface area contributed by atoms with Gasteiger partial charge >= 0.3 is 0 Å². The number of furan rings is 1. The van der Waals surface area contributed by atoms with Crippen LogP contribution in [-0.2, 0) is 0 Å². The van der Waals surface area contributed by atoms with Gasteiger partial charge in [0.15, 0.2) is 0 Å². The smallest absolute Gasteiger partial charge is 0.143 e. The molecule has 0 atom stereocenters. The number of para-hydroxylation sites is 1. The second kappa shape index (κ2) is 10.9. The van der Waals surface area contributed by atoms with Crippen LogP contribution in [-0.4, -0.2) is 0 Å². The van der Waals surface area contributed by atoms with Crippen LogP contribution in [0, 0.1) is 0 Å². The first-order valence-electron chi connectivity index (χ1n) is 30.2. The van der Waals surface area contributed by atoms with Crippen LogP contribution in [0.4, 0.5) is 0 Å². The largest absolute Gasteiger partial charge is 0.455 e. The average Bonchev–Trinajstić information content (AvgIpc) is 2.20. The first-order valence-corrected chi connectivity index (χ1v) is 15.2. The van der Waals surface area contributed by atoms with Crippen LogP contribution in [0.2, 0.25) is 0 Å². The second-order valence-electron chi connectivity index (χ2n) is 11.3. The zero-order chi connectivity index (χ0) is 59.6. The lowest BCUT2D eigenvalue weighted by atomic mass is 9.83. The molecule has 11 aromatic rings. The SMILES string of the molecule is [2H]c1c([2H])c([2H])c2c(oc3c([2H])c([2H])c4c([2H])c([2H])c([2H])c([2H])c4c32)c1-c1c([2H])c([2H])c(-c2c3c([2H])c([2H])c([2H])c([2H])c3c(-c3c([2H])c([2H])c([2H])c4c([2H])c([2H])c([2H])c([2H])c34)c3c([2H])c([2H])c([2H])c([2H])c23)c2c([2H])c([2H])c([2H])c([2H])c12. The molecule has 0 radical (unpaired) electrons. The quantitative estimate of drug-likeness (QED) is 0.170. The summed E-state index contributed by atoms with van der Waals surface area (Å²) >= 11 is 0. The van der Waals surface area contributed by atoms with E-state index in [2.05, 4.69) is 0 Å². The predicted octanol–water partition coefficient (Wildman–Crippen LogP) is 14.4. The van der Waals surface area contributed by atoms with E-state index in [1.165, 1.54) is 0 Å². The topological polar surface area (TPSA) is 13.1 Å². The number of rotatable bonds is 3. The maximum Gasteiger partial charge on any atom is 0.143 e. The van der Waals surface area contributed by atoms with E-state index in [9.17, 15) is 15.1 Å². The molecule has 0 saturated heterocycles. The van der Waals surface area contributed by atoms with Crippen LogP contribution in [0.5, 0.6) is 0 Å². The van der Waals surface area contributed by atoms with Gasteiger partial charge in [-0.25, -0.2) is 0 Å². The number of hydrogen-bond donors (Lipinski definition) is 0. The number of benzene rings is 10. The zero-order valence-electron chi connectivity index (χ0n) is 55.4. The summed E-state index contributed by atoms with van der Waals surface area (Å²) in [5.41, 5.74) is -6.04. The first kappa shape index (κ1) is 11.7. The van der Waals surface area contributed by atoms with Gasteiger partial charge in [0.25, 0.3) is 0 Å². The van der Waals surface area contributed by atoms with E-state index in [4.69, 9.17) is 30.5 Å². The third-order valence-corrected chi connectivity index (χ3v) is 8.69. The van der Waals surface area contributed by atoms with Gasteiger partial charge in [-0.1, -0.05) is 175 Å². The maximum atomic E-state index is 10.0. The lowest BCUT2D eigenvalue weighted by Crippen LogP contribution is -1.93. The average molecular weight is 677 g/mol. The molecular weight excluding hydrogens is 617 g/mol. The lowest BCUT2D eigenvalue weighted by Gasteiger charge is -2.20. The molecule has 1 heteroatoms. The Morgan fingerprint density at radius 3 is 1.39 bits per heavy atom. The van der Waals surface area contributed by atoms with Gasteiger partial charge in [0.1, 0.15) is 11.2 Å². The van der Waals surface area contributed by atoms with Crippen molar-refractivity contribution in [3.05, 3.63) is 181 Å². The third kappa shape index (κ3) is 4.09. The molecule has 51 heavy (non-hydrogen) atoms. The molecule has 0 aliphatic carbocycles. The highest BCUT2D eigenvalue weighted by Gasteiger charge is 2.21.